The van der Waals surface area contributed by atoms with Crippen molar-refractivity contribution in [3.63, 3.8) is 0 Å². The number of fused-ring (bicyclic) bond motifs is 1. The van der Waals surface area contributed by atoms with Crippen LogP contribution in [0.1, 0.15) is 37.8 Å². The average molecular weight is 395 g/mol. The van der Waals surface area contributed by atoms with Crippen LogP contribution in [0.25, 0.3) is 11.4 Å². The van der Waals surface area contributed by atoms with Crippen LogP contribution in [-0.2, 0) is 22.6 Å². The molecule has 0 spiro atoms. The molecule has 1 aliphatic carbocycles. The normalized spacial score (nSPS) is 20.1. The van der Waals surface area contributed by atoms with Gasteiger partial charge in [-0.05, 0) is 19.3 Å². The minimum Gasteiger partial charge on any atom is -0.355 e. The van der Waals surface area contributed by atoms with Crippen molar-refractivity contribution in [1.82, 2.24) is 19.8 Å². The summed E-state index contributed by atoms with van der Waals surface area (Å²) in [7, 11) is 3.60. The zero-order valence-corrected chi connectivity index (χ0v) is 17.4. The van der Waals surface area contributed by atoms with E-state index in [1.807, 2.05) is 24.4 Å². The third-order valence-corrected chi connectivity index (χ3v) is 6.52. The van der Waals surface area contributed by atoms with Crippen LogP contribution in [-0.4, -0.2) is 46.9 Å². The van der Waals surface area contributed by atoms with E-state index < -0.39 is 5.41 Å². The summed E-state index contributed by atoms with van der Waals surface area (Å²) in [4.78, 5) is 31.9. The Morgan fingerprint density at radius 2 is 1.93 bits per heavy atom. The molecule has 0 bridgehead atoms. The van der Waals surface area contributed by atoms with Crippen molar-refractivity contribution in [2.24, 2.45) is 11.3 Å². The van der Waals surface area contributed by atoms with Crippen molar-refractivity contribution >= 4 is 11.8 Å². The Morgan fingerprint density at radius 1 is 1.21 bits per heavy atom. The fraction of sp³-hybridized carbons (Fsp3) is 0.522. The van der Waals surface area contributed by atoms with Crippen LogP contribution in [0.3, 0.4) is 0 Å². The van der Waals surface area contributed by atoms with E-state index >= 15 is 0 Å². The Bertz CT molecular complexity index is 882. The quantitative estimate of drug-likeness (QED) is 0.848. The molecule has 1 N–H and O–H groups in total. The van der Waals surface area contributed by atoms with Gasteiger partial charge in [0.2, 0.25) is 11.8 Å². The number of carbonyl (C=O) groups is 2. The van der Waals surface area contributed by atoms with E-state index in [-0.39, 0.29) is 17.7 Å². The Kier molecular flexibility index (Phi) is 5.43. The maximum atomic E-state index is 12.9. The van der Waals surface area contributed by atoms with E-state index in [0.717, 1.165) is 55.7 Å². The highest BCUT2D eigenvalue weighted by atomic mass is 16.2. The van der Waals surface area contributed by atoms with Crippen LogP contribution in [0.4, 0.5) is 0 Å². The fourth-order valence-corrected chi connectivity index (χ4v) is 4.90. The van der Waals surface area contributed by atoms with Gasteiger partial charge < -0.3 is 14.8 Å². The number of benzene rings is 1. The van der Waals surface area contributed by atoms with Crippen molar-refractivity contribution < 1.29 is 9.59 Å². The number of rotatable bonds is 5. The van der Waals surface area contributed by atoms with Crippen molar-refractivity contribution in [3.8, 4) is 11.4 Å². The lowest BCUT2D eigenvalue weighted by Crippen LogP contribution is -2.48. The van der Waals surface area contributed by atoms with Crippen molar-refractivity contribution in [1.29, 1.82) is 0 Å². The van der Waals surface area contributed by atoms with Crippen LogP contribution in [0.5, 0.6) is 0 Å². The second-order valence-electron chi connectivity index (χ2n) is 8.69. The summed E-state index contributed by atoms with van der Waals surface area (Å²) >= 11 is 0. The zero-order chi connectivity index (χ0) is 20.4. The first-order chi connectivity index (χ1) is 14.0. The molecular weight excluding hydrogens is 364 g/mol. The molecule has 154 valence electrons. The lowest BCUT2D eigenvalue weighted by molar-refractivity contribution is -0.139. The van der Waals surface area contributed by atoms with Crippen molar-refractivity contribution in [2.75, 3.05) is 20.6 Å². The number of hydrogen-bond acceptors (Lipinski definition) is 3. The lowest BCUT2D eigenvalue weighted by Gasteiger charge is -2.32. The highest BCUT2D eigenvalue weighted by Gasteiger charge is 2.42. The average Bonchev–Trinajstić information content (AvgIpc) is 3.39. The summed E-state index contributed by atoms with van der Waals surface area (Å²) in [5.74, 6) is 1.12. The summed E-state index contributed by atoms with van der Waals surface area (Å²) in [5.41, 5.74) is 1.79. The largest absolute Gasteiger partial charge is 0.355 e. The second kappa shape index (κ2) is 8.01. The first-order valence-electron chi connectivity index (χ1n) is 10.6. The van der Waals surface area contributed by atoms with Gasteiger partial charge in [0.25, 0.3) is 0 Å². The standard InChI is InChI=1S/C23H30N4O2/c1-26(2)22(29)23(11-6-7-12-23)16-25-21(28)18-10-13-27-19(14-18)15-24-20(27)17-8-4-3-5-9-17/h3-5,8-9,15,18H,6-7,10-14,16H2,1-2H3,(H,25,28). The van der Waals surface area contributed by atoms with Crippen LogP contribution in [0.2, 0.25) is 0 Å². The predicted octanol–water partition coefficient (Wildman–Crippen LogP) is 2.88. The first-order valence-corrected chi connectivity index (χ1v) is 10.6. The van der Waals surface area contributed by atoms with Crippen LogP contribution in [0, 0.1) is 11.3 Å². The lowest BCUT2D eigenvalue weighted by atomic mass is 9.84. The van der Waals surface area contributed by atoms with Gasteiger partial charge in [-0.15, -0.1) is 0 Å². The number of hydrogen-bond donors (Lipinski definition) is 1. The monoisotopic (exact) mass is 394 g/mol. The smallest absolute Gasteiger partial charge is 0.230 e. The number of nitrogens with one attached hydrogen (secondary N) is 1. The van der Waals surface area contributed by atoms with Crippen LogP contribution >= 0.6 is 0 Å². The summed E-state index contributed by atoms with van der Waals surface area (Å²) in [6.45, 7) is 1.24. The first kappa shape index (κ1) is 19.7. The molecule has 1 saturated carbocycles. The molecule has 29 heavy (non-hydrogen) atoms. The van der Waals surface area contributed by atoms with Gasteiger partial charge in [0.15, 0.2) is 0 Å². The van der Waals surface area contributed by atoms with Crippen LogP contribution < -0.4 is 5.32 Å². The number of aromatic nitrogens is 2. The molecule has 1 fully saturated rings. The minimum atomic E-state index is -0.421. The highest BCUT2D eigenvalue weighted by Crippen LogP contribution is 2.39. The second-order valence-corrected chi connectivity index (χ2v) is 8.69. The maximum absolute atomic E-state index is 12.9. The summed E-state index contributed by atoms with van der Waals surface area (Å²) in [5, 5.41) is 3.12. The van der Waals surface area contributed by atoms with E-state index in [0.29, 0.717) is 13.0 Å². The van der Waals surface area contributed by atoms with E-state index in [9.17, 15) is 9.59 Å². The molecule has 1 unspecified atom stereocenters. The van der Waals surface area contributed by atoms with Crippen molar-refractivity contribution in [3.05, 3.63) is 42.2 Å². The Morgan fingerprint density at radius 3 is 2.62 bits per heavy atom. The molecular formula is C23H30N4O2. The number of carbonyl (C=O) groups excluding carboxylic acids is 2. The molecule has 2 aliphatic rings. The Labute approximate surface area is 172 Å². The molecule has 0 radical (unpaired) electrons. The van der Waals surface area contributed by atoms with Gasteiger partial charge in [-0.25, -0.2) is 4.98 Å². The maximum Gasteiger partial charge on any atom is 0.230 e. The molecule has 6 heteroatoms. The molecule has 1 aromatic carbocycles. The van der Waals surface area contributed by atoms with Crippen LogP contribution in [0.15, 0.2) is 36.5 Å². The van der Waals surface area contributed by atoms with Gasteiger partial charge in [-0.1, -0.05) is 43.2 Å². The molecule has 2 heterocycles. The molecule has 1 aromatic heterocycles. The Balaban J connectivity index is 1.41. The summed E-state index contributed by atoms with van der Waals surface area (Å²) in [6.07, 6.45) is 7.23. The molecule has 0 saturated heterocycles. The molecule has 1 atom stereocenters. The summed E-state index contributed by atoms with van der Waals surface area (Å²) < 4.78 is 2.23. The van der Waals surface area contributed by atoms with Gasteiger partial charge in [0.05, 0.1) is 5.41 Å². The topological polar surface area (TPSA) is 67.2 Å². The highest BCUT2D eigenvalue weighted by molar-refractivity contribution is 5.84. The van der Waals surface area contributed by atoms with E-state index in [1.54, 1.807) is 19.0 Å². The Hall–Kier alpha value is -2.63. The number of amides is 2. The molecule has 2 aromatic rings. The predicted molar refractivity (Wildman–Crippen MR) is 112 cm³/mol. The van der Waals surface area contributed by atoms with Gasteiger partial charge in [0.1, 0.15) is 5.82 Å². The third-order valence-electron chi connectivity index (χ3n) is 6.52. The van der Waals surface area contributed by atoms with E-state index in [2.05, 4.69) is 27.0 Å². The molecule has 1 aliphatic heterocycles. The van der Waals surface area contributed by atoms with Gasteiger partial charge in [-0.2, -0.15) is 0 Å². The summed E-state index contributed by atoms with van der Waals surface area (Å²) in [6, 6.07) is 10.2. The molecule has 4 rings (SSSR count). The van der Waals surface area contributed by atoms with Gasteiger partial charge >= 0.3 is 0 Å². The number of imidazole rings is 1. The van der Waals surface area contributed by atoms with Crippen molar-refractivity contribution in [2.45, 2.75) is 45.1 Å². The SMILES string of the molecule is CN(C)C(=O)C1(CNC(=O)C2CCn3c(cnc3-c3ccccc3)C2)CCCC1. The number of nitrogens with zero attached hydrogens (tertiary/aromatic N) is 3. The minimum absolute atomic E-state index is 0.0595. The third kappa shape index (κ3) is 3.80. The fourth-order valence-electron chi connectivity index (χ4n) is 4.90. The molecule has 6 nitrogen and oxygen atoms in total. The van der Waals surface area contributed by atoms with E-state index in [4.69, 9.17) is 0 Å². The zero-order valence-electron chi connectivity index (χ0n) is 17.4. The molecule has 2 amide bonds. The van der Waals surface area contributed by atoms with Gasteiger partial charge in [0, 0.05) is 57.0 Å². The van der Waals surface area contributed by atoms with Gasteiger partial charge in [-0.3, -0.25) is 9.59 Å². The van der Waals surface area contributed by atoms with E-state index in [1.165, 1.54) is 0 Å².